The van der Waals surface area contributed by atoms with Gasteiger partial charge in [0.2, 0.25) is 5.95 Å². The lowest BCUT2D eigenvalue weighted by atomic mass is 10.2. The van der Waals surface area contributed by atoms with Gasteiger partial charge in [0.1, 0.15) is 10.6 Å². The highest BCUT2D eigenvalue weighted by Crippen LogP contribution is 2.33. The molecule has 0 aliphatic carbocycles. The molecule has 1 unspecified atom stereocenters. The van der Waals surface area contributed by atoms with Crippen molar-refractivity contribution in [1.29, 1.82) is 0 Å². The Morgan fingerprint density at radius 2 is 2.33 bits per heavy atom. The second kappa shape index (κ2) is 6.13. The standard InChI is InChI=1S/C14H21N5OS/c1-3-9-8-19(5-6-20-9)12-11-7-10(4-2)21-13(11)17-14(16-12)18-15/h7,9H,3-6,8,15H2,1-2H3,(H,16,17,18). The minimum Gasteiger partial charge on any atom is -0.375 e. The van der Waals surface area contributed by atoms with E-state index in [9.17, 15) is 0 Å². The number of fused-ring (bicyclic) bond motifs is 1. The van der Waals surface area contributed by atoms with Gasteiger partial charge < -0.3 is 9.64 Å². The highest BCUT2D eigenvalue weighted by molar-refractivity contribution is 7.18. The molecule has 1 aliphatic heterocycles. The number of aromatic nitrogens is 2. The third-order valence-electron chi connectivity index (χ3n) is 3.79. The SMILES string of the molecule is CCc1cc2c(N3CCOC(CC)C3)nc(NN)nc2s1. The number of thiophene rings is 1. The van der Waals surface area contributed by atoms with Gasteiger partial charge in [0.25, 0.3) is 0 Å². The second-order valence-electron chi connectivity index (χ2n) is 5.15. The van der Waals surface area contributed by atoms with Crippen LogP contribution >= 0.6 is 11.3 Å². The molecule has 114 valence electrons. The maximum Gasteiger partial charge on any atom is 0.240 e. The molecule has 0 spiro atoms. The summed E-state index contributed by atoms with van der Waals surface area (Å²) >= 11 is 1.71. The molecule has 6 nitrogen and oxygen atoms in total. The van der Waals surface area contributed by atoms with Crippen LogP contribution in [-0.2, 0) is 11.2 Å². The van der Waals surface area contributed by atoms with Crippen LogP contribution in [0, 0.1) is 0 Å². The molecule has 0 amide bonds. The van der Waals surface area contributed by atoms with Crippen LogP contribution in [0.5, 0.6) is 0 Å². The van der Waals surface area contributed by atoms with Crippen molar-refractivity contribution < 1.29 is 4.74 Å². The van der Waals surface area contributed by atoms with Crippen molar-refractivity contribution in [1.82, 2.24) is 9.97 Å². The monoisotopic (exact) mass is 307 g/mol. The Morgan fingerprint density at radius 3 is 3.05 bits per heavy atom. The summed E-state index contributed by atoms with van der Waals surface area (Å²) in [6.07, 6.45) is 2.28. The highest BCUT2D eigenvalue weighted by Gasteiger charge is 2.23. The van der Waals surface area contributed by atoms with Crippen LogP contribution in [0.15, 0.2) is 6.07 Å². The fourth-order valence-corrected chi connectivity index (χ4v) is 3.56. The van der Waals surface area contributed by atoms with Gasteiger partial charge >= 0.3 is 0 Å². The van der Waals surface area contributed by atoms with E-state index in [4.69, 9.17) is 10.6 Å². The molecule has 1 fully saturated rings. The number of hydrogen-bond acceptors (Lipinski definition) is 7. The summed E-state index contributed by atoms with van der Waals surface area (Å²) in [6.45, 7) is 6.76. The number of ether oxygens (including phenoxy) is 1. The molecule has 2 aromatic rings. The van der Waals surface area contributed by atoms with Gasteiger partial charge in [0, 0.05) is 18.0 Å². The highest BCUT2D eigenvalue weighted by atomic mass is 32.1. The molecule has 2 aromatic heterocycles. The maximum atomic E-state index is 5.75. The number of hydrazine groups is 1. The van der Waals surface area contributed by atoms with Gasteiger partial charge in [0.05, 0.1) is 18.1 Å². The summed E-state index contributed by atoms with van der Waals surface area (Å²) < 4.78 is 5.75. The molecule has 3 heterocycles. The largest absolute Gasteiger partial charge is 0.375 e. The van der Waals surface area contributed by atoms with Crippen LogP contribution in [0.4, 0.5) is 11.8 Å². The van der Waals surface area contributed by atoms with E-state index < -0.39 is 0 Å². The Hall–Kier alpha value is -1.44. The number of morpholine rings is 1. The molecule has 0 saturated carbocycles. The van der Waals surface area contributed by atoms with Crippen molar-refractivity contribution in [3.05, 3.63) is 10.9 Å². The molecule has 0 aromatic carbocycles. The van der Waals surface area contributed by atoms with E-state index in [0.717, 1.165) is 48.6 Å². The zero-order chi connectivity index (χ0) is 14.8. The second-order valence-corrected chi connectivity index (χ2v) is 6.26. The predicted octanol–water partition coefficient (Wildman–Crippen LogP) is 2.15. The number of hydrogen-bond donors (Lipinski definition) is 2. The molecule has 1 saturated heterocycles. The quantitative estimate of drug-likeness (QED) is 0.666. The van der Waals surface area contributed by atoms with Crippen molar-refractivity contribution in [2.45, 2.75) is 32.8 Å². The fraction of sp³-hybridized carbons (Fsp3) is 0.571. The van der Waals surface area contributed by atoms with Gasteiger partial charge in [-0.1, -0.05) is 13.8 Å². The molecule has 0 bridgehead atoms. The first kappa shape index (κ1) is 14.5. The Balaban J connectivity index is 2.04. The molecule has 3 N–H and O–H groups in total. The average Bonchev–Trinajstić information content (AvgIpc) is 2.96. The Labute approximate surface area is 128 Å². The smallest absolute Gasteiger partial charge is 0.240 e. The normalized spacial score (nSPS) is 19.2. The lowest BCUT2D eigenvalue weighted by molar-refractivity contribution is 0.0383. The zero-order valence-corrected chi connectivity index (χ0v) is 13.2. The molecular weight excluding hydrogens is 286 g/mol. The Morgan fingerprint density at radius 1 is 1.48 bits per heavy atom. The van der Waals surface area contributed by atoms with Crippen LogP contribution in [-0.4, -0.2) is 35.8 Å². The summed E-state index contributed by atoms with van der Waals surface area (Å²) in [7, 11) is 0. The zero-order valence-electron chi connectivity index (χ0n) is 12.4. The summed E-state index contributed by atoms with van der Waals surface area (Å²) in [6, 6.07) is 2.20. The molecule has 3 rings (SSSR count). The summed E-state index contributed by atoms with van der Waals surface area (Å²) in [5, 5.41) is 1.12. The summed E-state index contributed by atoms with van der Waals surface area (Å²) in [4.78, 5) is 13.7. The molecule has 1 aliphatic rings. The lowest BCUT2D eigenvalue weighted by Crippen LogP contribution is -2.42. The van der Waals surface area contributed by atoms with Crippen LogP contribution in [0.2, 0.25) is 0 Å². The van der Waals surface area contributed by atoms with E-state index in [1.165, 1.54) is 4.88 Å². The van der Waals surface area contributed by atoms with E-state index in [1.807, 2.05) is 0 Å². The van der Waals surface area contributed by atoms with Gasteiger partial charge in [-0.25, -0.2) is 10.8 Å². The third kappa shape index (κ3) is 2.81. The van der Waals surface area contributed by atoms with Crippen molar-refractivity contribution in [3.8, 4) is 0 Å². The maximum absolute atomic E-state index is 5.75. The predicted molar refractivity (Wildman–Crippen MR) is 86.8 cm³/mol. The van der Waals surface area contributed by atoms with E-state index >= 15 is 0 Å². The van der Waals surface area contributed by atoms with Crippen molar-refractivity contribution in [2.75, 3.05) is 30.0 Å². The van der Waals surface area contributed by atoms with Crippen LogP contribution in [0.25, 0.3) is 10.2 Å². The van der Waals surface area contributed by atoms with Gasteiger partial charge in [-0.3, -0.25) is 5.43 Å². The number of rotatable bonds is 4. The first-order valence-corrected chi connectivity index (χ1v) is 8.20. The number of nitrogens with one attached hydrogen (secondary N) is 1. The lowest BCUT2D eigenvalue weighted by Gasteiger charge is -2.33. The Bertz CT molecular complexity index is 629. The van der Waals surface area contributed by atoms with Gasteiger partial charge in [-0.05, 0) is 18.9 Å². The number of nitrogen functional groups attached to an aromatic ring is 1. The first-order chi connectivity index (χ1) is 10.2. The molecule has 0 radical (unpaired) electrons. The number of anilines is 2. The summed E-state index contributed by atoms with van der Waals surface area (Å²) in [5.41, 5.74) is 2.58. The van der Waals surface area contributed by atoms with Gasteiger partial charge in [-0.2, -0.15) is 4.98 Å². The van der Waals surface area contributed by atoms with E-state index in [0.29, 0.717) is 5.95 Å². The van der Waals surface area contributed by atoms with Crippen LogP contribution in [0.3, 0.4) is 0 Å². The van der Waals surface area contributed by atoms with Crippen LogP contribution in [0.1, 0.15) is 25.1 Å². The topological polar surface area (TPSA) is 76.3 Å². The average molecular weight is 307 g/mol. The number of nitrogens with two attached hydrogens (primary N) is 1. The van der Waals surface area contributed by atoms with E-state index in [2.05, 4.69) is 40.2 Å². The van der Waals surface area contributed by atoms with Gasteiger partial charge in [-0.15, -0.1) is 11.3 Å². The van der Waals surface area contributed by atoms with E-state index in [-0.39, 0.29) is 6.10 Å². The molecule has 21 heavy (non-hydrogen) atoms. The third-order valence-corrected chi connectivity index (χ3v) is 4.97. The minimum atomic E-state index is 0.266. The minimum absolute atomic E-state index is 0.266. The fourth-order valence-electron chi connectivity index (χ4n) is 2.59. The van der Waals surface area contributed by atoms with Gasteiger partial charge in [0.15, 0.2) is 0 Å². The van der Waals surface area contributed by atoms with E-state index in [1.54, 1.807) is 11.3 Å². The van der Waals surface area contributed by atoms with Crippen molar-refractivity contribution in [3.63, 3.8) is 0 Å². The first-order valence-electron chi connectivity index (χ1n) is 7.38. The van der Waals surface area contributed by atoms with Crippen LogP contribution < -0.4 is 16.2 Å². The number of aryl methyl sites for hydroxylation is 1. The molecular formula is C14H21N5OS. The summed E-state index contributed by atoms with van der Waals surface area (Å²) in [5.74, 6) is 6.96. The Kier molecular flexibility index (Phi) is 4.23. The molecule has 1 atom stereocenters. The van der Waals surface area contributed by atoms with Crippen molar-refractivity contribution in [2.24, 2.45) is 5.84 Å². The number of nitrogens with zero attached hydrogens (tertiary/aromatic N) is 3. The van der Waals surface area contributed by atoms with Crippen molar-refractivity contribution >= 4 is 33.3 Å². The molecule has 7 heteroatoms.